The van der Waals surface area contributed by atoms with E-state index in [9.17, 15) is 9.59 Å². The van der Waals surface area contributed by atoms with Gasteiger partial charge in [0.2, 0.25) is 6.29 Å². The third-order valence-corrected chi connectivity index (χ3v) is 2.51. The van der Waals surface area contributed by atoms with Crippen LogP contribution in [0, 0.1) is 20.8 Å². The number of aldehydes is 1. The Morgan fingerprint density at radius 1 is 1.20 bits per heavy atom. The van der Waals surface area contributed by atoms with Gasteiger partial charge in [-0.2, -0.15) is 0 Å². The Hall–Kier alpha value is -1.64. The van der Waals surface area contributed by atoms with Crippen LogP contribution in [0.2, 0.25) is 0 Å². The topological polar surface area (TPSA) is 46.2 Å². The molecule has 0 spiro atoms. The van der Waals surface area contributed by atoms with Gasteiger partial charge in [-0.15, -0.1) is 0 Å². The number of benzene rings is 1. The molecule has 0 heterocycles. The molecule has 1 aromatic carbocycles. The second kappa shape index (κ2) is 4.73. The van der Waals surface area contributed by atoms with Crippen molar-refractivity contribution >= 4 is 12.2 Å². The Morgan fingerprint density at radius 3 is 2.40 bits per heavy atom. The monoisotopic (exact) mass is 205 g/mol. The molecule has 0 atom stereocenters. The molecular weight excluding hydrogens is 190 g/mol. The van der Waals surface area contributed by atoms with E-state index in [4.69, 9.17) is 0 Å². The van der Waals surface area contributed by atoms with Crippen LogP contribution in [0.25, 0.3) is 0 Å². The zero-order valence-electron chi connectivity index (χ0n) is 9.26. The molecule has 0 unspecified atom stereocenters. The molecule has 1 amide bonds. The van der Waals surface area contributed by atoms with E-state index in [1.165, 1.54) is 11.1 Å². The Balaban J connectivity index is 2.81. The van der Waals surface area contributed by atoms with Crippen LogP contribution in [0.1, 0.15) is 22.3 Å². The Bertz CT molecular complexity index is 397. The number of amides is 1. The highest BCUT2D eigenvalue weighted by Crippen LogP contribution is 2.14. The highest BCUT2D eigenvalue weighted by Gasteiger charge is 2.03. The van der Waals surface area contributed by atoms with Crippen molar-refractivity contribution in [3.8, 4) is 0 Å². The van der Waals surface area contributed by atoms with E-state index in [2.05, 4.69) is 18.3 Å². The maximum Gasteiger partial charge on any atom is 0.284 e. The second-order valence-corrected chi connectivity index (χ2v) is 3.70. The Labute approximate surface area is 89.5 Å². The first kappa shape index (κ1) is 11.4. The van der Waals surface area contributed by atoms with Crippen LogP contribution in [0.5, 0.6) is 0 Å². The van der Waals surface area contributed by atoms with Gasteiger partial charge in [0.15, 0.2) is 0 Å². The molecule has 0 saturated carbocycles. The minimum Gasteiger partial charge on any atom is -0.346 e. The van der Waals surface area contributed by atoms with E-state index in [-0.39, 0.29) is 6.29 Å². The lowest BCUT2D eigenvalue weighted by molar-refractivity contribution is -0.131. The summed E-state index contributed by atoms with van der Waals surface area (Å²) in [6.07, 6.45) is 0.288. The van der Waals surface area contributed by atoms with Crippen LogP contribution >= 0.6 is 0 Å². The van der Waals surface area contributed by atoms with Gasteiger partial charge < -0.3 is 5.32 Å². The van der Waals surface area contributed by atoms with E-state index < -0.39 is 5.91 Å². The van der Waals surface area contributed by atoms with Gasteiger partial charge in [-0.3, -0.25) is 9.59 Å². The molecule has 0 aliphatic carbocycles. The van der Waals surface area contributed by atoms with Gasteiger partial charge in [-0.05, 0) is 43.0 Å². The van der Waals surface area contributed by atoms with E-state index in [1.807, 2.05) is 19.9 Å². The van der Waals surface area contributed by atoms with Crippen molar-refractivity contribution in [3.63, 3.8) is 0 Å². The minimum atomic E-state index is -0.576. The van der Waals surface area contributed by atoms with Crippen LogP contribution in [0.3, 0.4) is 0 Å². The van der Waals surface area contributed by atoms with Crippen molar-refractivity contribution in [1.82, 2.24) is 5.32 Å². The average Bonchev–Trinajstić information content (AvgIpc) is 2.21. The zero-order valence-corrected chi connectivity index (χ0v) is 9.26. The normalized spacial score (nSPS) is 9.80. The summed E-state index contributed by atoms with van der Waals surface area (Å²) in [5.41, 5.74) is 4.60. The third kappa shape index (κ3) is 2.91. The zero-order chi connectivity index (χ0) is 11.4. The standard InChI is InChI=1S/C12H15NO2/c1-8-4-10(3)11(5-9(8)2)6-13-12(15)7-14/h4-5,7H,6H2,1-3H3,(H,13,15). The van der Waals surface area contributed by atoms with Gasteiger partial charge in [-0.25, -0.2) is 0 Å². The predicted octanol–water partition coefficient (Wildman–Crippen LogP) is 1.43. The number of hydrogen-bond donors (Lipinski definition) is 1. The largest absolute Gasteiger partial charge is 0.346 e. The van der Waals surface area contributed by atoms with E-state index in [1.54, 1.807) is 0 Å². The van der Waals surface area contributed by atoms with Crippen LogP contribution in [-0.2, 0) is 16.1 Å². The molecule has 0 aliphatic heterocycles. The summed E-state index contributed by atoms with van der Waals surface area (Å²) in [6, 6.07) is 4.12. The highest BCUT2D eigenvalue weighted by molar-refractivity contribution is 6.23. The Kier molecular flexibility index (Phi) is 3.61. The lowest BCUT2D eigenvalue weighted by atomic mass is 10.0. The molecule has 0 saturated heterocycles. The van der Waals surface area contributed by atoms with E-state index in [0.29, 0.717) is 6.54 Å². The lowest BCUT2D eigenvalue weighted by Crippen LogP contribution is -2.23. The van der Waals surface area contributed by atoms with Crippen LogP contribution in [0.15, 0.2) is 12.1 Å². The highest BCUT2D eigenvalue weighted by atomic mass is 16.2. The summed E-state index contributed by atoms with van der Waals surface area (Å²) in [4.78, 5) is 20.9. The van der Waals surface area contributed by atoms with Gasteiger partial charge in [-0.1, -0.05) is 12.1 Å². The molecule has 0 aromatic heterocycles. The first-order chi connectivity index (χ1) is 7.04. The number of nitrogens with one attached hydrogen (secondary N) is 1. The first-order valence-electron chi connectivity index (χ1n) is 4.84. The number of carbonyl (C=O) groups excluding carboxylic acids is 2. The number of carbonyl (C=O) groups is 2. The van der Waals surface area contributed by atoms with Crippen molar-refractivity contribution in [3.05, 3.63) is 34.4 Å². The van der Waals surface area contributed by atoms with Crippen molar-refractivity contribution in [2.24, 2.45) is 0 Å². The first-order valence-corrected chi connectivity index (χ1v) is 4.84. The number of rotatable bonds is 3. The van der Waals surface area contributed by atoms with Gasteiger partial charge in [0, 0.05) is 6.54 Å². The quantitative estimate of drug-likeness (QED) is 0.599. The maximum atomic E-state index is 10.8. The molecule has 0 aliphatic rings. The van der Waals surface area contributed by atoms with Gasteiger partial charge in [0.25, 0.3) is 5.91 Å². The van der Waals surface area contributed by atoms with Crippen molar-refractivity contribution in [2.75, 3.05) is 0 Å². The fourth-order valence-electron chi connectivity index (χ4n) is 1.43. The summed E-state index contributed by atoms with van der Waals surface area (Å²) in [5.74, 6) is -0.576. The second-order valence-electron chi connectivity index (χ2n) is 3.70. The summed E-state index contributed by atoms with van der Waals surface area (Å²) in [7, 11) is 0. The van der Waals surface area contributed by atoms with E-state index in [0.717, 1.165) is 11.1 Å². The van der Waals surface area contributed by atoms with Gasteiger partial charge in [0.05, 0.1) is 0 Å². The molecule has 0 radical (unpaired) electrons. The summed E-state index contributed by atoms with van der Waals surface area (Å²) in [5, 5.41) is 2.53. The molecule has 0 fully saturated rings. The molecule has 1 N–H and O–H groups in total. The molecule has 1 aromatic rings. The molecule has 3 nitrogen and oxygen atoms in total. The van der Waals surface area contributed by atoms with Crippen LogP contribution in [0.4, 0.5) is 0 Å². The van der Waals surface area contributed by atoms with Crippen molar-refractivity contribution in [1.29, 1.82) is 0 Å². The minimum absolute atomic E-state index is 0.288. The van der Waals surface area contributed by atoms with Crippen molar-refractivity contribution < 1.29 is 9.59 Å². The summed E-state index contributed by atoms with van der Waals surface area (Å²) in [6.45, 7) is 6.48. The fraction of sp³-hybridized carbons (Fsp3) is 0.333. The van der Waals surface area contributed by atoms with Crippen LogP contribution in [-0.4, -0.2) is 12.2 Å². The smallest absolute Gasteiger partial charge is 0.284 e. The Morgan fingerprint density at radius 2 is 1.80 bits per heavy atom. The summed E-state index contributed by atoms with van der Waals surface area (Å²) >= 11 is 0. The van der Waals surface area contributed by atoms with Gasteiger partial charge >= 0.3 is 0 Å². The average molecular weight is 205 g/mol. The number of aryl methyl sites for hydroxylation is 3. The fourth-order valence-corrected chi connectivity index (χ4v) is 1.43. The van der Waals surface area contributed by atoms with Gasteiger partial charge in [0.1, 0.15) is 0 Å². The number of hydrogen-bond acceptors (Lipinski definition) is 2. The lowest BCUT2D eigenvalue weighted by Gasteiger charge is -2.09. The van der Waals surface area contributed by atoms with Crippen molar-refractivity contribution in [2.45, 2.75) is 27.3 Å². The molecule has 3 heteroatoms. The molecule has 15 heavy (non-hydrogen) atoms. The maximum absolute atomic E-state index is 10.8. The van der Waals surface area contributed by atoms with E-state index >= 15 is 0 Å². The molecule has 80 valence electrons. The third-order valence-electron chi connectivity index (χ3n) is 2.51. The molecular formula is C12H15NO2. The van der Waals surface area contributed by atoms with Crippen LogP contribution < -0.4 is 5.32 Å². The SMILES string of the molecule is Cc1cc(C)c(CNC(=O)C=O)cc1C. The molecule has 0 bridgehead atoms. The predicted molar refractivity (Wildman–Crippen MR) is 58.6 cm³/mol. The molecule has 1 rings (SSSR count). The summed E-state index contributed by atoms with van der Waals surface area (Å²) < 4.78 is 0.